The van der Waals surface area contributed by atoms with Gasteiger partial charge in [-0.3, -0.25) is 9.88 Å². The molecule has 1 aromatic heterocycles. The molecule has 2 N–H and O–H groups in total. The summed E-state index contributed by atoms with van der Waals surface area (Å²) >= 11 is 0. The van der Waals surface area contributed by atoms with Gasteiger partial charge in [0.2, 0.25) is 0 Å². The first-order valence-corrected chi connectivity index (χ1v) is 6.67. The van der Waals surface area contributed by atoms with E-state index in [-0.39, 0.29) is 5.82 Å². The van der Waals surface area contributed by atoms with Gasteiger partial charge in [0.25, 0.3) is 0 Å². The lowest BCUT2D eigenvalue weighted by atomic mass is 10.1. The molecule has 0 radical (unpaired) electrons. The van der Waals surface area contributed by atoms with Gasteiger partial charge >= 0.3 is 0 Å². The fraction of sp³-hybridized carbons (Fsp3) is 0.312. The molecule has 4 heteroatoms. The minimum atomic E-state index is -0.189. The summed E-state index contributed by atoms with van der Waals surface area (Å²) in [7, 11) is 1.96. The summed E-state index contributed by atoms with van der Waals surface area (Å²) in [5, 5.41) is 0. The lowest BCUT2D eigenvalue weighted by molar-refractivity contribution is 0.309. The molecule has 0 bridgehead atoms. The molecule has 0 unspecified atom stereocenters. The molecule has 0 aliphatic heterocycles. The van der Waals surface area contributed by atoms with Gasteiger partial charge in [-0.05, 0) is 37.7 Å². The number of nitrogens with two attached hydrogens (primary N) is 1. The highest BCUT2D eigenvalue weighted by Crippen LogP contribution is 2.13. The number of hydrogen-bond acceptors (Lipinski definition) is 3. The van der Waals surface area contributed by atoms with Crippen LogP contribution in [0, 0.1) is 12.7 Å². The Labute approximate surface area is 119 Å². The summed E-state index contributed by atoms with van der Waals surface area (Å²) in [4.78, 5) is 6.50. The summed E-state index contributed by atoms with van der Waals surface area (Å²) in [5.41, 5.74) is 9.19. The maximum Gasteiger partial charge on any atom is 0.127 e. The fourth-order valence-corrected chi connectivity index (χ4v) is 2.19. The van der Waals surface area contributed by atoms with Gasteiger partial charge in [0.1, 0.15) is 5.82 Å². The Morgan fingerprint density at radius 1 is 1.20 bits per heavy atom. The Morgan fingerprint density at radius 3 is 2.70 bits per heavy atom. The number of aryl methyl sites for hydroxylation is 1. The van der Waals surface area contributed by atoms with Crippen molar-refractivity contribution in [3.63, 3.8) is 0 Å². The molecule has 2 rings (SSSR count). The largest absolute Gasteiger partial charge is 0.326 e. The van der Waals surface area contributed by atoms with E-state index in [4.69, 9.17) is 5.73 Å². The van der Waals surface area contributed by atoms with Gasteiger partial charge in [-0.1, -0.05) is 18.2 Å². The summed E-state index contributed by atoms with van der Waals surface area (Å²) in [6.07, 6.45) is 0. The third-order valence-corrected chi connectivity index (χ3v) is 3.16. The van der Waals surface area contributed by atoms with Crippen molar-refractivity contribution in [2.75, 3.05) is 7.05 Å². The highest BCUT2D eigenvalue weighted by molar-refractivity contribution is 5.25. The van der Waals surface area contributed by atoms with Crippen molar-refractivity contribution in [3.8, 4) is 0 Å². The van der Waals surface area contributed by atoms with Crippen LogP contribution in [0.1, 0.15) is 22.5 Å². The number of pyridine rings is 1. The molecule has 0 spiro atoms. The van der Waals surface area contributed by atoms with Crippen molar-refractivity contribution >= 4 is 0 Å². The SMILES string of the molecule is Cc1cccc(CN(C)Cc2cc(CN)ccc2F)n1. The first-order chi connectivity index (χ1) is 9.58. The van der Waals surface area contributed by atoms with Crippen LogP contribution in [0.5, 0.6) is 0 Å². The van der Waals surface area contributed by atoms with Crippen LogP contribution in [-0.2, 0) is 19.6 Å². The summed E-state index contributed by atoms with van der Waals surface area (Å²) in [6.45, 7) is 3.62. The van der Waals surface area contributed by atoms with E-state index >= 15 is 0 Å². The maximum atomic E-state index is 13.8. The molecule has 106 valence electrons. The highest BCUT2D eigenvalue weighted by Gasteiger charge is 2.08. The molecule has 20 heavy (non-hydrogen) atoms. The Kier molecular flexibility index (Phi) is 4.82. The lowest BCUT2D eigenvalue weighted by Gasteiger charge is -2.17. The molecule has 0 atom stereocenters. The third kappa shape index (κ3) is 3.85. The molecular formula is C16H20FN3. The monoisotopic (exact) mass is 273 g/mol. The van der Waals surface area contributed by atoms with E-state index in [0.29, 0.717) is 25.2 Å². The third-order valence-electron chi connectivity index (χ3n) is 3.16. The van der Waals surface area contributed by atoms with Crippen molar-refractivity contribution in [1.82, 2.24) is 9.88 Å². The van der Waals surface area contributed by atoms with Crippen LogP contribution in [0.2, 0.25) is 0 Å². The fourth-order valence-electron chi connectivity index (χ4n) is 2.19. The molecule has 2 aromatic rings. The Hall–Kier alpha value is -1.78. The predicted molar refractivity (Wildman–Crippen MR) is 78.4 cm³/mol. The molecule has 0 amide bonds. The van der Waals surface area contributed by atoms with Gasteiger partial charge in [-0.2, -0.15) is 0 Å². The van der Waals surface area contributed by atoms with Crippen LogP contribution < -0.4 is 5.73 Å². The average molecular weight is 273 g/mol. The molecule has 0 saturated carbocycles. The number of nitrogens with zero attached hydrogens (tertiary/aromatic N) is 2. The van der Waals surface area contributed by atoms with E-state index in [2.05, 4.69) is 4.98 Å². The van der Waals surface area contributed by atoms with Gasteiger partial charge in [0.15, 0.2) is 0 Å². The van der Waals surface area contributed by atoms with Gasteiger partial charge in [-0.15, -0.1) is 0 Å². The Morgan fingerprint density at radius 2 is 2.00 bits per heavy atom. The average Bonchev–Trinajstić information content (AvgIpc) is 2.41. The van der Waals surface area contributed by atoms with Gasteiger partial charge < -0.3 is 5.73 Å². The second-order valence-electron chi connectivity index (χ2n) is 5.07. The number of aromatic nitrogens is 1. The number of benzene rings is 1. The molecular weight excluding hydrogens is 253 g/mol. The topological polar surface area (TPSA) is 42.1 Å². The second-order valence-corrected chi connectivity index (χ2v) is 5.07. The molecule has 1 aromatic carbocycles. The standard InChI is InChI=1S/C16H20FN3/c1-12-4-3-5-15(19-12)11-20(2)10-14-8-13(9-18)6-7-16(14)17/h3-8H,9-11,18H2,1-2H3. The van der Waals surface area contributed by atoms with Gasteiger partial charge in [0.05, 0.1) is 5.69 Å². The van der Waals surface area contributed by atoms with Crippen molar-refractivity contribution in [1.29, 1.82) is 0 Å². The zero-order chi connectivity index (χ0) is 14.5. The highest BCUT2D eigenvalue weighted by atomic mass is 19.1. The first-order valence-electron chi connectivity index (χ1n) is 6.67. The van der Waals surface area contributed by atoms with Crippen LogP contribution in [0.25, 0.3) is 0 Å². The summed E-state index contributed by atoms with van der Waals surface area (Å²) in [6, 6.07) is 11.0. The smallest absolute Gasteiger partial charge is 0.127 e. The van der Waals surface area contributed by atoms with E-state index in [9.17, 15) is 4.39 Å². The van der Waals surface area contributed by atoms with E-state index in [1.54, 1.807) is 6.07 Å². The Balaban J connectivity index is 2.06. The molecule has 3 nitrogen and oxygen atoms in total. The van der Waals surface area contributed by atoms with Crippen molar-refractivity contribution in [2.45, 2.75) is 26.6 Å². The van der Waals surface area contributed by atoms with Crippen LogP contribution >= 0.6 is 0 Å². The summed E-state index contributed by atoms with van der Waals surface area (Å²) in [5.74, 6) is -0.189. The van der Waals surface area contributed by atoms with Crippen molar-refractivity contribution < 1.29 is 4.39 Å². The van der Waals surface area contributed by atoms with Crippen molar-refractivity contribution in [2.24, 2.45) is 5.73 Å². The van der Waals surface area contributed by atoms with Gasteiger partial charge in [0, 0.05) is 30.9 Å². The van der Waals surface area contributed by atoms with Crippen LogP contribution in [0.3, 0.4) is 0 Å². The maximum absolute atomic E-state index is 13.8. The normalized spacial score (nSPS) is 11.1. The molecule has 0 saturated heterocycles. The van der Waals surface area contributed by atoms with Crippen LogP contribution in [-0.4, -0.2) is 16.9 Å². The van der Waals surface area contributed by atoms with Crippen LogP contribution in [0.15, 0.2) is 36.4 Å². The lowest BCUT2D eigenvalue weighted by Crippen LogP contribution is -2.19. The minimum absolute atomic E-state index is 0.189. The molecule has 0 fully saturated rings. The van der Waals surface area contributed by atoms with E-state index in [1.165, 1.54) is 6.07 Å². The van der Waals surface area contributed by atoms with E-state index in [0.717, 1.165) is 17.0 Å². The zero-order valence-electron chi connectivity index (χ0n) is 11.9. The predicted octanol–water partition coefficient (Wildman–Crippen LogP) is 2.62. The van der Waals surface area contributed by atoms with Crippen LogP contribution in [0.4, 0.5) is 4.39 Å². The van der Waals surface area contributed by atoms with E-state index in [1.807, 2.05) is 43.1 Å². The quantitative estimate of drug-likeness (QED) is 0.910. The summed E-state index contributed by atoms with van der Waals surface area (Å²) < 4.78 is 13.8. The first kappa shape index (κ1) is 14.6. The second kappa shape index (κ2) is 6.59. The molecule has 0 aliphatic carbocycles. The minimum Gasteiger partial charge on any atom is -0.326 e. The molecule has 0 aliphatic rings. The number of rotatable bonds is 5. The van der Waals surface area contributed by atoms with Gasteiger partial charge in [-0.25, -0.2) is 4.39 Å². The van der Waals surface area contributed by atoms with Crippen molar-refractivity contribution in [3.05, 3.63) is 64.7 Å². The Bertz CT molecular complexity index is 584. The van der Waals surface area contributed by atoms with E-state index < -0.39 is 0 Å². The number of halogens is 1. The number of hydrogen-bond donors (Lipinski definition) is 1. The molecule has 1 heterocycles. The zero-order valence-corrected chi connectivity index (χ0v) is 11.9.